The summed E-state index contributed by atoms with van der Waals surface area (Å²) >= 11 is 0. The zero-order valence-corrected chi connectivity index (χ0v) is 11.2. The molecular weight excluding hydrogens is 244 g/mol. The van der Waals surface area contributed by atoms with Crippen LogP contribution < -0.4 is 10.6 Å². The lowest BCUT2D eigenvalue weighted by atomic mass is 9.99. The van der Waals surface area contributed by atoms with Gasteiger partial charge in [-0.15, -0.1) is 0 Å². The zero-order chi connectivity index (χ0) is 14.3. The molecule has 0 saturated carbocycles. The fourth-order valence-electron chi connectivity index (χ4n) is 1.74. The Balaban J connectivity index is 2.48. The van der Waals surface area contributed by atoms with Gasteiger partial charge < -0.3 is 15.7 Å². The molecule has 5 heteroatoms. The van der Waals surface area contributed by atoms with Crippen LogP contribution in [0.5, 0.6) is 0 Å². The van der Waals surface area contributed by atoms with Crippen molar-refractivity contribution in [3.05, 3.63) is 35.9 Å². The van der Waals surface area contributed by atoms with Gasteiger partial charge in [0.1, 0.15) is 0 Å². The zero-order valence-electron chi connectivity index (χ0n) is 11.2. The molecule has 1 atom stereocenters. The smallest absolute Gasteiger partial charge is 0.312 e. The first-order valence-electron chi connectivity index (χ1n) is 6.28. The Morgan fingerprint density at radius 2 is 1.84 bits per heavy atom. The third kappa shape index (κ3) is 5.52. The average molecular weight is 264 g/mol. The summed E-state index contributed by atoms with van der Waals surface area (Å²) in [4.78, 5) is 22.6. The van der Waals surface area contributed by atoms with E-state index in [0.717, 1.165) is 5.56 Å². The summed E-state index contributed by atoms with van der Waals surface area (Å²) in [7, 11) is 0. The van der Waals surface area contributed by atoms with Crippen molar-refractivity contribution in [1.82, 2.24) is 10.6 Å². The molecule has 0 fully saturated rings. The van der Waals surface area contributed by atoms with Crippen LogP contribution in [0.25, 0.3) is 0 Å². The van der Waals surface area contributed by atoms with Crippen molar-refractivity contribution in [2.24, 2.45) is 0 Å². The number of aliphatic carboxylic acids is 1. The molecule has 19 heavy (non-hydrogen) atoms. The van der Waals surface area contributed by atoms with Crippen molar-refractivity contribution in [3.8, 4) is 0 Å². The van der Waals surface area contributed by atoms with E-state index in [0.29, 0.717) is 0 Å². The number of nitrogens with one attached hydrogen (secondary N) is 2. The molecule has 104 valence electrons. The lowest BCUT2D eigenvalue weighted by molar-refractivity contribution is -0.138. The van der Waals surface area contributed by atoms with Gasteiger partial charge in [-0.25, -0.2) is 0 Å². The first-order valence-corrected chi connectivity index (χ1v) is 6.28. The summed E-state index contributed by atoms with van der Waals surface area (Å²) in [5, 5.41) is 14.8. The number of hydrogen-bond acceptors (Lipinski definition) is 3. The van der Waals surface area contributed by atoms with Crippen LogP contribution in [0, 0.1) is 0 Å². The SMILES string of the molecule is CC(C)NC(=O)CNCC(C(=O)O)c1ccccc1. The molecule has 0 bridgehead atoms. The number of carboxylic acid groups (broad SMARTS) is 1. The Hall–Kier alpha value is -1.88. The molecule has 0 saturated heterocycles. The summed E-state index contributed by atoms with van der Waals surface area (Å²) in [5.41, 5.74) is 0.728. The van der Waals surface area contributed by atoms with Crippen LogP contribution in [0.15, 0.2) is 30.3 Å². The molecule has 0 aromatic heterocycles. The maximum Gasteiger partial charge on any atom is 0.312 e. The highest BCUT2D eigenvalue weighted by molar-refractivity contribution is 5.79. The summed E-state index contributed by atoms with van der Waals surface area (Å²) in [6, 6.07) is 9.07. The lowest BCUT2D eigenvalue weighted by Crippen LogP contribution is -2.39. The number of hydrogen-bond donors (Lipinski definition) is 3. The third-order valence-corrected chi connectivity index (χ3v) is 2.58. The second kappa shape index (κ2) is 7.53. The van der Waals surface area contributed by atoms with Crippen LogP contribution in [0.3, 0.4) is 0 Å². The summed E-state index contributed by atoms with van der Waals surface area (Å²) in [6.07, 6.45) is 0. The molecule has 5 nitrogen and oxygen atoms in total. The molecule has 1 rings (SSSR count). The van der Waals surface area contributed by atoms with Gasteiger partial charge in [0, 0.05) is 12.6 Å². The van der Waals surface area contributed by atoms with Gasteiger partial charge in [0.25, 0.3) is 0 Å². The normalized spacial score (nSPS) is 12.2. The van der Waals surface area contributed by atoms with Crippen molar-refractivity contribution in [1.29, 1.82) is 0 Å². The van der Waals surface area contributed by atoms with Crippen LogP contribution in [-0.2, 0) is 9.59 Å². The van der Waals surface area contributed by atoms with Crippen molar-refractivity contribution in [2.75, 3.05) is 13.1 Å². The van der Waals surface area contributed by atoms with Crippen molar-refractivity contribution >= 4 is 11.9 Å². The number of carbonyl (C=O) groups excluding carboxylic acids is 1. The van der Waals surface area contributed by atoms with E-state index in [4.69, 9.17) is 0 Å². The molecule has 1 aromatic carbocycles. The second-order valence-electron chi connectivity index (χ2n) is 4.65. The van der Waals surface area contributed by atoms with E-state index < -0.39 is 11.9 Å². The van der Waals surface area contributed by atoms with Crippen molar-refractivity contribution < 1.29 is 14.7 Å². The van der Waals surface area contributed by atoms with Gasteiger partial charge in [0.05, 0.1) is 12.5 Å². The molecule has 1 amide bonds. The van der Waals surface area contributed by atoms with Gasteiger partial charge in [0.15, 0.2) is 0 Å². The van der Waals surface area contributed by atoms with Gasteiger partial charge in [-0.2, -0.15) is 0 Å². The van der Waals surface area contributed by atoms with E-state index in [1.165, 1.54) is 0 Å². The molecule has 0 heterocycles. The number of rotatable bonds is 7. The van der Waals surface area contributed by atoms with E-state index in [-0.39, 0.29) is 25.0 Å². The Morgan fingerprint density at radius 3 is 2.37 bits per heavy atom. The highest BCUT2D eigenvalue weighted by atomic mass is 16.4. The highest BCUT2D eigenvalue weighted by Crippen LogP contribution is 2.14. The molecule has 1 aromatic rings. The summed E-state index contributed by atoms with van der Waals surface area (Å²) in [5.74, 6) is -1.68. The largest absolute Gasteiger partial charge is 0.481 e. The predicted molar refractivity (Wildman–Crippen MR) is 73.0 cm³/mol. The van der Waals surface area contributed by atoms with E-state index in [1.54, 1.807) is 24.3 Å². The van der Waals surface area contributed by atoms with Crippen molar-refractivity contribution in [3.63, 3.8) is 0 Å². The van der Waals surface area contributed by atoms with Crippen LogP contribution >= 0.6 is 0 Å². The standard InChI is InChI=1S/C14H20N2O3/c1-10(2)16-13(17)9-15-8-12(14(18)19)11-6-4-3-5-7-11/h3-7,10,12,15H,8-9H2,1-2H3,(H,16,17)(H,18,19). The Morgan fingerprint density at radius 1 is 1.21 bits per heavy atom. The van der Waals surface area contributed by atoms with E-state index in [9.17, 15) is 14.7 Å². The first kappa shape index (κ1) is 15.2. The topological polar surface area (TPSA) is 78.4 Å². The van der Waals surface area contributed by atoms with E-state index in [2.05, 4.69) is 10.6 Å². The van der Waals surface area contributed by atoms with E-state index >= 15 is 0 Å². The van der Waals surface area contributed by atoms with Crippen molar-refractivity contribution in [2.45, 2.75) is 25.8 Å². The van der Waals surface area contributed by atoms with Crippen LogP contribution in [0.4, 0.5) is 0 Å². The molecular formula is C14H20N2O3. The van der Waals surface area contributed by atoms with Gasteiger partial charge >= 0.3 is 5.97 Å². The molecule has 3 N–H and O–H groups in total. The summed E-state index contributed by atoms with van der Waals surface area (Å²) in [6.45, 7) is 4.10. The lowest BCUT2D eigenvalue weighted by Gasteiger charge is -2.14. The quantitative estimate of drug-likeness (QED) is 0.685. The van der Waals surface area contributed by atoms with Gasteiger partial charge in [-0.3, -0.25) is 9.59 Å². The van der Waals surface area contributed by atoms with Gasteiger partial charge in [-0.05, 0) is 19.4 Å². The van der Waals surface area contributed by atoms with Gasteiger partial charge in [-0.1, -0.05) is 30.3 Å². The molecule has 0 spiro atoms. The maximum atomic E-state index is 11.4. The average Bonchev–Trinajstić information content (AvgIpc) is 2.34. The minimum Gasteiger partial charge on any atom is -0.481 e. The molecule has 1 unspecified atom stereocenters. The van der Waals surface area contributed by atoms with Crippen LogP contribution in [0.1, 0.15) is 25.3 Å². The Kier molecular flexibility index (Phi) is 6.02. The Labute approximate surface area is 113 Å². The highest BCUT2D eigenvalue weighted by Gasteiger charge is 2.19. The maximum absolute atomic E-state index is 11.4. The third-order valence-electron chi connectivity index (χ3n) is 2.58. The molecule has 0 aliphatic carbocycles. The molecule has 0 radical (unpaired) electrons. The van der Waals surface area contributed by atoms with E-state index in [1.807, 2.05) is 19.9 Å². The number of carbonyl (C=O) groups is 2. The number of benzene rings is 1. The predicted octanol–water partition coefficient (Wildman–Crippen LogP) is 0.969. The minimum atomic E-state index is -0.900. The number of amides is 1. The fourth-order valence-corrected chi connectivity index (χ4v) is 1.74. The molecule has 0 aliphatic heterocycles. The van der Waals surface area contributed by atoms with Crippen LogP contribution in [0.2, 0.25) is 0 Å². The number of carboxylic acids is 1. The van der Waals surface area contributed by atoms with Gasteiger partial charge in [0.2, 0.25) is 5.91 Å². The minimum absolute atomic E-state index is 0.0821. The second-order valence-corrected chi connectivity index (χ2v) is 4.65. The van der Waals surface area contributed by atoms with Crippen LogP contribution in [-0.4, -0.2) is 36.1 Å². The first-order chi connectivity index (χ1) is 9.00. The Bertz CT molecular complexity index is 418. The summed E-state index contributed by atoms with van der Waals surface area (Å²) < 4.78 is 0. The molecule has 0 aliphatic rings. The fraction of sp³-hybridized carbons (Fsp3) is 0.429. The monoisotopic (exact) mass is 264 g/mol.